The number of halogens is 1. The molecule has 1 aliphatic carbocycles. The summed E-state index contributed by atoms with van der Waals surface area (Å²) in [4.78, 5) is 8.65. The summed E-state index contributed by atoms with van der Waals surface area (Å²) in [5, 5.41) is 10.6. The van der Waals surface area contributed by atoms with Crippen molar-refractivity contribution in [3.05, 3.63) is 36.5 Å². The maximum atomic E-state index is 14.7. The van der Waals surface area contributed by atoms with E-state index in [1.807, 2.05) is 6.07 Å². The highest BCUT2D eigenvalue weighted by Gasteiger charge is 2.23. The second-order valence-corrected chi connectivity index (χ2v) is 9.66. The Labute approximate surface area is 202 Å². The van der Waals surface area contributed by atoms with Crippen LogP contribution in [-0.2, 0) is 9.47 Å². The molecule has 1 aliphatic heterocycles. The molecule has 3 heterocycles. The van der Waals surface area contributed by atoms with Crippen molar-refractivity contribution in [2.45, 2.75) is 63.6 Å². The molecule has 2 aromatic rings. The van der Waals surface area contributed by atoms with Gasteiger partial charge in [-0.2, -0.15) is 0 Å². The molecule has 1 atom stereocenters. The molecule has 7 nitrogen and oxygen atoms in total. The molecule has 8 heteroatoms. The minimum atomic E-state index is -0.339. The molecule has 2 fully saturated rings. The number of hydrogen-bond donors (Lipinski definition) is 3. The van der Waals surface area contributed by atoms with Crippen molar-refractivity contribution >= 4 is 11.5 Å². The van der Waals surface area contributed by atoms with Gasteiger partial charge in [-0.1, -0.05) is 0 Å². The summed E-state index contributed by atoms with van der Waals surface area (Å²) >= 11 is 0. The zero-order valence-corrected chi connectivity index (χ0v) is 20.4. The number of methoxy groups -OCH3 is 1. The van der Waals surface area contributed by atoms with Gasteiger partial charge in [-0.3, -0.25) is 4.98 Å². The Balaban J connectivity index is 1.34. The summed E-state index contributed by atoms with van der Waals surface area (Å²) in [6, 6.07) is 4.98. The molecule has 0 unspecified atom stereocenters. The van der Waals surface area contributed by atoms with Crippen LogP contribution in [0.25, 0.3) is 11.1 Å². The third-order valence-electron chi connectivity index (χ3n) is 6.86. The molecule has 4 rings (SSSR count). The number of hydrogen-bond acceptors (Lipinski definition) is 7. The average Bonchev–Trinajstić information content (AvgIpc) is 2.86. The van der Waals surface area contributed by atoms with E-state index < -0.39 is 0 Å². The Kier molecular flexibility index (Phi) is 9.07. The second-order valence-electron chi connectivity index (χ2n) is 9.66. The molecule has 1 saturated carbocycles. The van der Waals surface area contributed by atoms with Crippen molar-refractivity contribution in [2.75, 3.05) is 44.1 Å². The van der Waals surface area contributed by atoms with Gasteiger partial charge in [0, 0.05) is 68.5 Å². The van der Waals surface area contributed by atoms with E-state index in [0.29, 0.717) is 35.4 Å². The number of ether oxygens (including phenoxy) is 2. The topological polar surface area (TPSA) is 80.3 Å². The molecule has 34 heavy (non-hydrogen) atoms. The molecule has 0 radical (unpaired) electrons. The monoisotopic (exact) mass is 471 g/mol. The largest absolute Gasteiger partial charge is 0.384 e. The van der Waals surface area contributed by atoms with Gasteiger partial charge < -0.3 is 25.4 Å². The fraction of sp³-hybridized carbons (Fsp3) is 0.615. The van der Waals surface area contributed by atoms with E-state index >= 15 is 0 Å². The van der Waals surface area contributed by atoms with Gasteiger partial charge in [0.1, 0.15) is 11.6 Å². The summed E-state index contributed by atoms with van der Waals surface area (Å²) < 4.78 is 25.4. The molecule has 186 valence electrons. The minimum absolute atomic E-state index is 0.339. The van der Waals surface area contributed by atoms with Crippen LogP contribution in [0.1, 0.15) is 45.4 Å². The maximum absolute atomic E-state index is 14.7. The minimum Gasteiger partial charge on any atom is -0.384 e. The van der Waals surface area contributed by atoms with Crippen molar-refractivity contribution in [3.63, 3.8) is 0 Å². The van der Waals surface area contributed by atoms with Crippen molar-refractivity contribution < 1.29 is 13.9 Å². The number of rotatable bonds is 10. The molecule has 3 N–H and O–H groups in total. The van der Waals surface area contributed by atoms with Crippen LogP contribution < -0.4 is 16.0 Å². The van der Waals surface area contributed by atoms with Gasteiger partial charge in [-0.15, -0.1) is 0 Å². The quantitative estimate of drug-likeness (QED) is 0.472. The van der Waals surface area contributed by atoms with E-state index in [-0.39, 0.29) is 5.82 Å². The van der Waals surface area contributed by atoms with Gasteiger partial charge in [0.25, 0.3) is 0 Å². The molecule has 2 aromatic heterocycles. The first-order valence-electron chi connectivity index (χ1n) is 12.5. The van der Waals surface area contributed by atoms with Crippen LogP contribution in [0, 0.1) is 11.7 Å². The van der Waals surface area contributed by atoms with Gasteiger partial charge in [-0.25, -0.2) is 9.37 Å². The smallest absolute Gasteiger partial charge is 0.149 e. The van der Waals surface area contributed by atoms with E-state index in [1.54, 1.807) is 25.6 Å². The highest BCUT2D eigenvalue weighted by Crippen LogP contribution is 2.28. The number of nitrogens with one attached hydrogen (secondary N) is 3. The lowest BCUT2D eigenvalue weighted by atomic mass is 9.90. The van der Waals surface area contributed by atoms with Crippen LogP contribution in [0.2, 0.25) is 0 Å². The molecule has 0 spiro atoms. The molecule has 0 bridgehead atoms. The Morgan fingerprint density at radius 2 is 1.82 bits per heavy atom. The lowest BCUT2D eigenvalue weighted by molar-refractivity contribution is 0.0699. The van der Waals surface area contributed by atoms with Crippen LogP contribution in [0.4, 0.5) is 15.9 Å². The van der Waals surface area contributed by atoms with Crippen LogP contribution >= 0.6 is 0 Å². The van der Waals surface area contributed by atoms with Crippen molar-refractivity contribution in [2.24, 2.45) is 5.92 Å². The predicted molar refractivity (Wildman–Crippen MR) is 134 cm³/mol. The van der Waals surface area contributed by atoms with Gasteiger partial charge in [-0.05, 0) is 63.5 Å². The zero-order chi connectivity index (χ0) is 23.8. The van der Waals surface area contributed by atoms with Crippen LogP contribution in [0.5, 0.6) is 0 Å². The summed E-state index contributed by atoms with van der Waals surface area (Å²) in [5.74, 6) is 0.967. The highest BCUT2D eigenvalue weighted by molar-refractivity contribution is 5.69. The third kappa shape index (κ3) is 7.10. The lowest BCUT2D eigenvalue weighted by Gasteiger charge is -2.31. The first-order chi connectivity index (χ1) is 16.6. The van der Waals surface area contributed by atoms with Crippen molar-refractivity contribution in [1.29, 1.82) is 0 Å². The standard InChI is InChI=1S/C26H38FN5O2/c1-18(17-33-2)31-21-3-5-22(6-4-21)32-26-12-24(25(27)16-30-26)20-11-23(15-28-14-20)29-13-19-7-9-34-10-8-19/h11-12,14-16,18-19,21-22,29,31H,3-10,13,17H2,1-2H3,(H,30,32)/t18-,21?,22?/m0/s1. The lowest BCUT2D eigenvalue weighted by Crippen LogP contribution is -2.42. The normalized spacial score (nSPS) is 22.3. The Morgan fingerprint density at radius 1 is 1.06 bits per heavy atom. The van der Waals surface area contributed by atoms with Gasteiger partial charge >= 0.3 is 0 Å². The van der Waals surface area contributed by atoms with Crippen LogP contribution in [-0.4, -0.2) is 61.6 Å². The fourth-order valence-electron chi connectivity index (χ4n) is 4.95. The van der Waals surface area contributed by atoms with Crippen LogP contribution in [0.3, 0.4) is 0 Å². The van der Waals surface area contributed by atoms with Gasteiger partial charge in [0.05, 0.1) is 18.5 Å². The molecule has 0 amide bonds. The van der Waals surface area contributed by atoms with E-state index in [2.05, 4.69) is 32.8 Å². The number of pyridine rings is 2. The van der Waals surface area contributed by atoms with Gasteiger partial charge in [0.15, 0.2) is 0 Å². The molecule has 0 aromatic carbocycles. The van der Waals surface area contributed by atoms with Crippen LogP contribution in [0.15, 0.2) is 30.7 Å². The van der Waals surface area contributed by atoms with E-state index in [9.17, 15) is 4.39 Å². The van der Waals surface area contributed by atoms with Crippen molar-refractivity contribution in [3.8, 4) is 11.1 Å². The Hall–Kier alpha value is -2.29. The summed E-state index contributed by atoms with van der Waals surface area (Å²) in [6.07, 6.45) is 11.3. The second kappa shape index (κ2) is 12.4. The zero-order valence-electron chi connectivity index (χ0n) is 20.4. The van der Waals surface area contributed by atoms with E-state index in [0.717, 1.165) is 76.1 Å². The number of aromatic nitrogens is 2. The van der Waals surface area contributed by atoms with Gasteiger partial charge in [0.2, 0.25) is 0 Å². The SMILES string of the molecule is COC[C@H](C)NC1CCC(Nc2cc(-c3cncc(NCC4CCOCC4)c3)c(F)cn2)CC1. The number of anilines is 2. The Morgan fingerprint density at radius 3 is 2.59 bits per heavy atom. The first kappa shape index (κ1) is 24.8. The fourth-order valence-corrected chi connectivity index (χ4v) is 4.95. The molecular formula is C26H38FN5O2. The van der Waals surface area contributed by atoms with Crippen molar-refractivity contribution in [1.82, 2.24) is 15.3 Å². The third-order valence-corrected chi connectivity index (χ3v) is 6.86. The average molecular weight is 472 g/mol. The van der Waals surface area contributed by atoms with E-state index in [1.165, 1.54) is 6.20 Å². The molecular weight excluding hydrogens is 433 g/mol. The molecule has 1 saturated heterocycles. The molecule has 2 aliphatic rings. The number of nitrogens with zero attached hydrogens (tertiary/aromatic N) is 2. The summed E-state index contributed by atoms with van der Waals surface area (Å²) in [7, 11) is 1.74. The first-order valence-corrected chi connectivity index (χ1v) is 12.5. The highest BCUT2D eigenvalue weighted by atomic mass is 19.1. The summed E-state index contributed by atoms with van der Waals surface area (Å²) in [6.45, 7) is 5.41. The Bertz CT molecular complexity index is 901. The summed E-state index contributed by atoms with van der Waals surface area (Å²) in [5.41, 5.74) is 2.17. The maximum Gasteiger partial charge on any atom is 0.149 e. The van der Waals surface area contributed by atoms with E-state index in [4.69, 9.17) is 9.47 Å². The predicted octanol–water partition coefficient (Wildman–Crippen LogP) is 4.47.